The fourth-order valence-electron chi connectivity index (χ4n) is 3.64. The Morgan fingerprint density at radius 3 is 2.42 bits per heavy atom. The van der Waals surface area contributed by atoms with Crippen LogP contribution < -0.4 is 10.2 Å². The van der Waals surface area contributed by atoms with E-state index in [-0.39, 0.29) is 30.1 Å². The Balaban J connectivity index is 0.00000341. The maximum atomic E-state index is 12.5. The molecule has 0 aromatic heterocycles. The number of hydrogen-bond acceptors (Lipinski definition) is 5. The van der Waals surface area contributed by atoms with Gasteiger partial charge in [-0.1, -0.05) is 12.1 Å². The molecule has 0 radical (unpaired) electrons. The van der Waals surface area contributed by atoms with Crippen molar-refractivity contribution in [2.24, 2.45) is 4.99 Å². The number of nitrogens with one attached hydrogen (secondary N) is 1. The first-order valence-corrected chi connectivity index (χ1v) is 10.8. The van der Waals surface area contributed by atoms with Crippen molar-refractivity contribution in [2.75, 3.05) is 51.2 Å². The van der Waals surface area contributed by atoms with Gasteiger partial charge in [-0.3, -0.25) is 4.99 Å². The van der Waals surface area contributed by atoms with Crippen LogP contribution in [0, 0.1) is 0 Å². The molecule has 1 saturated heterocycles. The summed E-state index contributed by atoms with van der Waals surface area (Å²) < 4.78 is 5.56. The van der Waals surface area contributed by atoms with E-state index in [0.717, 1.165) is 50.7 Å². The second-order valence-electron chi connectivity index (χ2n) is 8.84. The third-order valence-corrected chi connectivity index (χ3v) is 5.26. The largest absolute Gasteiger partial charge is 0.506 e. The van der Waals surface area contributed by atoms with Gasteiger partial charge in [0, 0.05) is 52.4 Å². The van der Waals surface area contributed by atoms with E-state index in [2.05, 4.69) is 20.1 Å². The predicted octanol–water partition coefficient (Wildman–Crippen LogP) is 3.11. The minimum Gasteiger partial charge on any atom is -0.506 e. The predicted molar refractivity (Wildman–Crippen MR) is 135 cm³/mol. The van der Waals surface area contributed by atoms with Crippen LogP contribution in [0.4, 0.5) is 10.5 Å². The van der Waals surface area contributed by atoms with Crippen LogP contribution in [0.25, 0.3) is 0 Å². The zero-order valence-electron chi connectivity index (χ0n) is 19.0. The van der Waals surface area contributed by atoms with E-state index in [9.17, 15) is 9.90 Å². The van der Waals surface area contributed by atoms with Crippen LogP contribution in [0.5, 0.6) is 5.75 Å². The molecule has 2 N–H and O–H groups in total. The maximum Gasteiger partial charge on any atom is 0.410 e. The van der Waals surface area contributed by atoms with Gasteiger partial charge in [0.15, 0.2) is 5.96 Å². The number of phenolic OH excluding ortho intramolecular Hbond substituents is 1. The summed E-state index contributed by atoms with van der Waals surface area (Å²) >= 11 is 0. The molecule has 1 aliphatic carbocycles. The molecule has 9 heteroatoms. The number of nitrogens with zero attached hydrogens (tertiary/aromatic N) is 4. The van der Waals surface area contributed by atoms with E-state index in [4.69, 9.17) is 4.74 Å². The first-order chi connectivity index (χ1) is 14.3. The van der Waals surface area contributed by atoms with Crippen molar-refractivity contribution in [3.8, 4) is 5.75 Å². The number of phenols is 1. The van der Waals surface area contributed by atoms with Crippen molar-refractivity contribution < 1.29 is 14.6 Å². The average molecular weight is 545 g/mol. The van der Waals surface area contributed by atoms with Crippen LogP contribution in [0.3, 0.4) is 0 Å². The van der Waals surface area contributed by atoms with E-state index in [0.29, 0.717) is 24.9 Å². The molecular formula is C22H36IN5O3. The summed E-state index contributed by atoms with van der Waals surface area (Å²) in [5.74, 6) is 1.16. The number of aromatic hydroxyl groups is 1. The van der Waals surface area contributed by atoms with Crippen LogP contribution in [0.2, 0.25) is 0 Å². The fraction of sp³-hybridized carbons (Fsp3) is 0.636. The molecule has 2 aliphatic rings. The summed E-state index contributed by atoms with van der Waals surface area (Å²) in [6.45, 7) is 10.1. The highest BCUT2D eigenvalue weighted by atomic mass is 127. The average Bonchev–Trinajstić information content (AvgIpc) is 3.52. The standard InChI is InChI=1S/C22H35N5O3.HI/c1-22(2,3)30-21(29)27(17-9-10-17)12-11-24-20(23-4)26-15-13-25(14-16-26)18-7-5-6-8-19(18)28;/h5-8,17,28H,9-16H2,1-4H3,(H,23,24);1H. The minimum absolute atomic E-state index is 0. The van der Waals surface area contributed by atoms with E-state index in [1.165, 1.54) is 0 Å². The Bertz CT molecular complexity index is 756. The second kappa shape index (κ2) is 11.1. The van der Waals surface area contributed by atoms with Gasteiger partial charge in [-0.25, -0.2) is 4.79 Å². The third-order valence-electron chi connectivity index (χ3n) is 5.26. The van der Waals surface area contributed by atoms with E-state index < -0.39 is 5.60 Å². The minimum atomic E-state index is -0.486. The monoisotopic (exact) mass is 545 g/mol. The van der Waals surface area contributed by atoms with E-state index >= 15 is 0 Å². The summed E-state index contributed by atoms with van der Waals surface area (Å²) in [7, 11) is 1.78. The summed E-state index contributed by atoms with van der Waals surface area (Å²) in [5, 5.41) is 13.5. The van der Waals surface area contributed by atoms with Crippen molar-refractivity contribution in [3.05, 3.63) is 24.3 Å². The number of para-hydroxylation sites is 2. The Morgan fingerprint density at radius 2 is 1.87 bits per heavy atom. The van der Waals surface area contributed by atoms with Gasteiger partial charge in [-0.05, 0) is 45.7 Å². The molecular weight excluding hydrogens is 509 g/mol. The Labute approximate surface area is 202 Å². The lowest BCUT2D eigenvalue weighted by Crippen LogP contribution is -2.53. The number of carbonyl (C=O) groups excluding carboxylic acids is 1. The normalized spacial score (nSPS) is 17.1. The number of rotatable bonds is 5. The van der Waals surface area contributed by atoms with Crippen LogP contribution in [0.1, 0.15) is 33.6 Å². The molecule has 0 bridgehead atoms. The van der Waals surface area contributed by atoms with Crippen molar-refractivity contribution in [3.63, 3.8) is 0 Å². The third kappa shape index (κ3) is 7.33. The Kier molecular flexibility index (Phi) is 9.08. The summed E-state index contributed by atoms with van der Waals surface area (Å²) in [5.41, 5.74) is 0.387. The lowest BCUT2D eigenvalue weighted by atomic mass is 10.2. The van der Waals surface area contributed by atoms with Gasteiger partial charge in [0.25, 0.3) is 0 Å². The molecule has 8 nitrogen and oxygen atoms in total. The summed E-state index contributed by atoms with van der Waals surface area (Å²) in [6, 6.07) is 7.74. The number of amides is 1. The van der Waals surface area contributed by atoms with Gasteiger partial charge in [-0.15, -0.1) is 24.0 Å². The van der Waals surface area contributed by atoms with Gasteiger partial charge < -0.3 is 29.9 Å². The quantitative estimate of drug-likeness (QED) is 0.337. The molecule has 1 aromatic rings. The SMILES string of the molecule is CN=C(NCCN(C(=O)OC(C)(C)C)C1CC1)N1CCN(c2ccccc2O)CC1.I. The van der Waals surface area contributed by atoms with Crippen LogP contribution in [-0.4, -0.2) is 84.9 Å². The number of anilines is 1. The molecule has 1 heterocycles. The molecule has 1 saturated carbocycles. The molecule has 0 unspecified atom stereocenters. The zero-order valence-corrected chi connectivity index (χ0v) is 21.3. The highest BCUT2D eigenvalue weighted by Gasteiger charge is 2.35. The first-order valence-electron chi connectivity index (χ1n) is 10.8. The van der Waals surface area contributed by atoms with Crippen molar-refractivity contribution in [1.29, 1.82) is 0 Å². The molecule has 174 valence electrons. The molecule has 1 aromatic carbocycles. The molecule has 2 fully saturated rings. The summed E-state index contributed by atoms with van der Waals surface area (Å²) in [6.07, 6.45) is 1.85. The van der Waals surface area contributed by atoms with Crippen LogP contribution in [-0.2, 0) is 4.74 Å². The van der Waals surface area contributed by atoms with Crippen LogP contribution >= 0.6 is 24.0 Å². The van der Waals surface area contributed by atoms with Gasteiger partial charge in [-0.2, -0.15) is 0 Å². The smallest absolute Gasteiger partial charge is 0.410 e. The highest BCUT2D eigenvalue weighted by molar-refractivity contribution is 14.0. The number of carbonyl (C=O) groups is 1. The van der Waals surface area contributed by atoms with Gasteiger partial charge in [0.2, 0.25) is 0 Å². The van der Waals surface area contributed by atoms with Crippen molar-refractivity contribution in [2.45, 2.75) is 45.3 Å². The number of guanidine groups is 1. The first kappa shape index (κ1) is 25.4. The lowest BCUT2D eigenvalue weighted by Gasteiger charge is -2.38. The molecule has 1 amide bonds. The number of piperazine rings is 1. The number of benzene rings is 1. The van der Waals surface area contributed by atoms with Crippen molar-refractivity contribution >= 4 is 41.7 Å². The molecule has 31 heavy (non-hydrogen) atoms. The number of ether oxygens (including phenoxy) is 1. The van der Waals surface area contributed by atoms with Gasteiger partial charge in [0.05, 0.1) is 5.69 Å². The topological polar surface area (TPSA) is 80.6 Å². The molecule has 0 atom stereocenters. The molecule has 0 spiro atoms. The highest BCUT2D eigenvalue weighted by Crippen LogP contribution is 2.28. The van der Waals surface area contributed by atoms with Crippen molar-refractivity contribution in [1.82, 2.24) is 15.1 Å². The Morgan fingerprint density at radius 1 is 1.23 bits per heavy atom. The van der Waals surface area contributed by atoms with E-state index in [1.54, 1.807) is 13.1 Å². The number of hydrogen-bond donors (Lipinski definition) is 2. The molecule has 1 aliphatic heterocycles. The zero-order chi connectivity index (χ0) is 21.7. The lowest BCUT2D eigenvalue weighted by molar-refractivity contribution is 0.0237. The summed E-state index contributed by atoms with van der Waals surface area (Å²) in [4.78, 5) is 23.2. The molecule has 3 rings (SSSR count). The maximum absolute atomic E-state index is 12.5. The van der Waals surface area contributed by atoms with E-state index in [1.807, 2.05) is 43.9 Å². The second-order valence-corrected chi connectivity index (χ2v) is 8.84. The van der Waals surface area contributed by atoms with Gasteiger partial charge >= 0.3 is 6.09 Å². The number of halogens is 1. The van der Waals surface area contributed by atoms with Crippen LogP contribution in [0.15, 0.2) is 29.3 Å². The van der Waals surface area contributed by atoms with Gasteiger partial charge in [0.1, 0.15) is 11.4 Å². The number of aliphatic imine (C=N–C) groups is 1. The Hall–Kier alpha value is -1.91. The fourth-order valence-corrected chi connectivity index (χ4v) is 3.64.